The molecule has 3 rings (SSSR count). The Labute approximate surface area is 173 Å². The third-order valence-corrected chi connectivity index (χ3v) is 5.58. The molecule has 1 amide bonds. The molecule has 8 heteroatoms. The average Bonchev–Trinajstić information content (AvgIpc) is 3.04. The van der Waals surface area contributed by atoms with Gasteiger partial charge in [0.05, 0.1) is 5.02 Å². The molecule has 1 aromatic rings. The number of carbonyl (C=O) groups excluding carboxylic acids is 1. The largest absolute Gasteiger partial charge is 0.353 e. The Morgan fingerprint density at radius 2 is 2.12 bits per heavy atom. The number of rotatable bonds is 5. The normalized spacial score (nSPS) is 21.5. The van der Waals surface area contributed by atoms with Crippen LogP contribution in [0.3, 0.4) is 0 Å². The zero-order chi connectivity index (χ0) is 16.9. The molecule has 2 unspecified atom stereocenters. The van der Waals surface area contributed by atoms with E-state index in [9.17, 15) is 4.79 Å². The number of nitrogens with one attached hydrogen (secondary N) is 2. The number of piperidine rings is 1. The SMILES string of the molecule is CC(CC(=O)NC1CCN(c2ncccc2Cl)C1)C1CCNCC1.Cl.Cl. The van der Waals surface area contributed by atoms with Crippen LogP contribution in [0, 0.1) is 11.8 Å². The van der Waals surface area contributed by atoms with Crippen LogP contribution in [-0.2, 0) is 4.79 Å². The minimum atomic E-state index is 0. The number of nitrogens with zero attached hydrogens (tertiary/aromatic N) is 2. The summed E-state index contributed by atoms with van der Waals surface area (Å²) in [4.78, 5) is 18.9. The van der Waals surface area contributed by atoms with Crippen LogP contribution in [0.15, 0.2) is 18.3 Å². The van der Waals surface area contributed by atoms with Crippen molar-refractivity contribution in [3.05, 3.63) is 23.4 Å². The molecule has 0 aromatic carbocycles. The Bertz CT molecular complexity index is 569. The van der Waals surface area contributed by atoms with Crippen molar-refractivity contribution in [3.63, 3.8) is 0 Å². The minimum absolute atomic E-state index is 0. The highest BCUT2D eigenvalue weighted by molar-refractivity contribution is 6.32. The average molecular weight is 424 g/mol. The van der Waals surface area contributed by atoms with Gasteiger partial charge in [-0.15, -0.1) is 24.8 Å². The van der Waals surface area contributed by atoms with Gasteiger partial charge in [-0.3, -0.25) is 4.79 Å². The summed E-state index contributed by atoms with van der Waals surface area (Å²) in [5, 5.41) is 7.26. The van der Waals surface area contributed by atoms with Gasteiger partial charge in [-0.05, 0) is 56.3 Å². The highest BCUT2D eigenvalue weighted by Crippen LogP contribution is 2.27. The highest BCUT2D eigenvalue weighted by Gasteiger charge is 2.27. The van der Waals surface area contributed by atoms with E-state index in [-0.39, 0.29) is 36.8 Å². The number of aromatic nitrogens is 1. The van der Waals surface area contributed by atoms with E-state index in [2.05, 4.69) is 27.4 Å². The molecule has 0 saturated carbocycles. The van der Waals surface area contributed by atoms with Gasteiger partial charge in [0.1, 0.15) is 5.82 Å². The van der Waals surface area contributed by atoms with Crippen LogP contribution >= 0.6 is 36.4 Å². The molecule has 5 nitrogen and oxygen atoms in total. The summed E-state index contributed by atoms with van der Waals surface area (Å²) in [6.07, 6.45) is 5.70. The molecule has 2 aliphatic rings. The molecule has 2 aliphatic heterocycles. The van der Waals surface area contributed by atoms with E-state index in [1.807, 2.05) is 12.1 Å². The van der Waals surface area contributed by atoms with Gasteiger partial charge in [0.25, 0.3) is 0 Å². The van der Waals surface area contributed by atoms with Crippen molar-refractivity contribution >= 4 is 48.1 Å². The Morgan fingerprint density at radius 3 is 2.81 bits per heavy atom. The van der Waals surface area contributed by atoms with Crippen molar-refractivity contribution in [3.8, 4) is 0 Å². The summed E-state index contributed by atoms with van der Waals surface area (Å²) in [5.41, 5.74) is 0. The fourth-order valence-corrected chi connectivity index (χ4v) is 4.08. The fraction of sp³-hybridized carbons (Fsp3) is 0.667. The van der Waals surface area contributed by atoms with Gasteiger partial charge in [-0.2, -0.15) is 0 Å². The number of anilines is 1. The van der Waals surface area contributed by atoms with Gasteiger partial charge in [-0.1, -0.05) is 18.5 Å². The molecular weight excluding hydrogens is 395 g/mol. The lowest BCUT2D eigenvalue weighted by atomic mass is 9.84. The van der Waals surface area contributed by atoms with Gasteiger partial charge >= 0.3 is 0 Å². The molecular formula is C18H29Cl3N4O. The summed E-state index contributed by atoms with van der Waals surface area (Å²) in [6, 6.07) is 3.88. The van der Waals surface area contributed by atoms with Gasteiger partial charge < -0.3 is 15.5 Å². The Hall–Kier alpha value is -0.750. The summed E-state index contributed by atoms with van der Waals surface area (Å²) >= 11 is 6.22. The quantitative estimate of drug-likeness (QED) is 0.763. The zero-order valence-corrected chi connectivity index (χ0v) is 17.5. The summed E-state index contributed by atoms with van der Waals surface area (Å²) in [6.45, 7) is 6.04. The second kappa shape index (κ2) is 11.2. The maximum atomic E-state index is 12.4. The van der Waals surface area contributed by atoms with E-state index in [4.69, 9.17) is 11.6 Å². The Kier molecular flexibility index (Phi) is 10.0. The topological polar surface area (TPSA) is 57.3 Å². The van der Waals surface area contributed by atoms with Crippen LogP contribution in [-0.4, -0.2) is 43.1 Å². The number of hydrogen-bond donors (Lipinski definition) is 2. The first-order chi connectivity index (χ1) is 11.6. The van der Waals surface area contributed by atoms with Gasteiger partial charge in [0.2, 0.25) is 5.91 Å². The van der Waals surface area contributed by atoms with E-state index in [1.54, 1.807) is 6.20 Å². The Morgan fingerprint density at radius 1 is 1.38 bits per heavy atom. The third-order valence-electron chi connectivity index (χ3n) is 5.29. The van der Waals surface area contributed by atoms with Crippen molar-refractivity contribution in [2.45, 2.75) is 38.6 Å². The molecule has 0 radical (unpaired) electrons. The van der Waals surface area contributed by atoms with Crippen molar-refractivity contribution in [1.29, 1.82) is 0 Å². The van der Waals surface area contributed by atoms with Crippen LogP contribution in [0.4, 0.5) is 5.82 Å². The van der Waals surface area contributed by atoms with Gasteiger partial charge in [0, 0.05) is 31.7 Å². The molecule has 2 saturated heterocycles. The predicted octanol–water partition coefficient (Wildman–Crippen LogP) is 3.30. The van der Waals surface area contributed by atoms with Crippen molar-refractivity contribution in [2.24, 2.45) is 11.8 Å². The smallest absolute Gasteiger partial charge is 0.220 e. The summed E-state index contributed by atoms with van der Waals surface area (Å²) < 4.78 is 0. The standard InChI is InChI=1S/C18H27ClN4O.2ClH/c1-13(14-4-8-20-9-5-14)11-17(24)22-15-6-10-23(12-15)18-16(19)3-2-7-21-18;;/h2-3,7,13-15,20H,4-6,8-12H2,1H3,(H,22,24);2*1H. The maximum absolute atomic E-state index is 12.4. The van der Waals surface area contributed by atoms with Crippen LogP contribution in [0.2, 0.25) is 5.02 Å². The number of carbonyl (C=O) groups is 1. The Balaban J connectivity index is 0.00000169. The van der Waals surface area contributed by atoms with E-state index in [0.29, 0.717) is 23.3 Å². The molecule has 0 spiro atoms. The minimum Gasteiger partial charge on any atom is -0.353 e. The van der Waals surface area contributed by atoms with Crippen molar-refractivity contribution in [2.75, 3.05) is 31.1 Å². The molecule has 26 heavy (non-hydrogen) atoms. The van der Waals surface area contributed by atoms with E-state index in [1.165, 1.54) is 12.8 Å². The summed E-state index contributed by atoms with van der Waals surface area (Å²) in [7, 11) is 0. The highest BCUT2D eigenvalue weighted by atomic mass is 35.5. The molecule has 0 aliphatic carbocycles. The zero-order valence-electron chi connectivity index (χ0n) is 15.1. The van der Waals surface area contributed by atoms with Gasteiger partial charge in [0.15, 0.2) is 0 Å². The first kappa shape index (κ1) is 23.3. The van der Waals surface area contributed by atoms with E-state index in [0.717, 1.165) is 38.4 Å². The number of amides is 1. The molecule has 1 aromatic heterocycles. The lowest BCUT2D eigenvalue weighted by Gasteiger charge is -2.28. The first-order valence-electron chi connectivity index (χ1n) is 8.99. The van der Waals surface area contributed by atoms with E-state index < -0.39 is 0 Å². The van der Waals surface area contributed by atoms with Crippen LogP contribution in [0.25, 0.3) is 0 Å². The fourth-order valence-electron chi connectivity index (χ4n) is 3.84. The van der Waals surface area contributed by atoms with Crippen LogP contribution in [0.1, 0.15) is 32.6 Å². The number of halogens is 3. The molecule has 2 fully saturated rings. The molecule has 3 heterocycles. The monoisotopic (exact) mass is 422 g/mol. The second-order valence-corrected chi connectivity index (χ2v) is 7.48. The summed E-state index contributed by atoms with van der Waals surface area (Å²) in [5.74, 6) is 2.12. The van der Waals surface area contributed by atoms with Gasteiger partial charge in [-0.25, -0.2) is 4.98 Å². The molecule has 2 N–H and O–H groups in total. The van der Waals surface area contributed by atoms with Crippen molar-refractivity contribution in [1.82, 2.24) is 15.6 Å². The maximum Gasteiger partial charge on any atom is 0.220 e. The molecule has 0 bridgehead atoms. The van der Waals surface area contributed by atoms with E-state index >= 15 is 0 Å². The lowest BCUT2D eigenvalue weighted by molar-refractivity contribution is -0.122. The number of hydrogen-bond acceptors (Lipinski definition) is 4. The third kappa shape index (κ3) is 6.15. The molecule has 148 valence electrons. The van der Waals surface area contributed by atoms with Crippen LogP contribution < -0.4 is 15.5 Å². The van der Waals surface area contributed by atoms with Crippen molar-refractivity contribution < 1.29 is 4.79 Å². The number of pyridine rings is 1. The predicted molar refractivity (Wildman–Crippen MR) is 112 cm³/mol. The lowest BCUT2D eigenvalue weighted by Crippen LogP contribution is -2.39. The molecule has 2 atom stereocenters. The van der Waals surface area contributed by atoms with Crippen LogP contribution in [0.5, 0.6) is 0 Å². The second-order valence-electron chi connectivity index (χ2n) is 7.08. The first-order valence-corrected chi connectivity index (χ1v) is 9.37.